The minimum atomic E-state index is -0.364. The van der Waals surface area contributed by atoms with Crippen LogP contribution in [-0.4, -0.2) is 36.7 Å². The van der Waals surface area contributed by atoms with Crippen molar-refractivity contribution in [1.29, 1.82) is 0 Å². The van der Waals surface area contributed by atoms with Crippen molar-refractivity contribution in [3.05, 3.63) is 0 Å². The number of esters is 3. The minimum absolute atomic E-state index is 0.0000463. The number of carbonyl (C=O) groups excluding carboxylic acids is 3. The highest BCUT2D eigenvalue weighted by molar-refractivity contribution is 5.77. The topological polar surface area (TPSA) is 78.9 Å². The predicted octanol–water partition coefficient (Wildman–Crippen LogP) is 0.289. The monoisotopic (exact) mass is 268 g/mol. The Morgan fingerprint density at radius 2 is 1.84 bits per heavy atom. The number of hydrogen-bond acceptors (Lipinski definition) is 6. The molecule has 0 aromatic heterocycles. The van der Waals surface area contributed by atoms with Crippen LogP contribution in [0.15, 0.2) is 0 Å². The van der Waals surface area contributed by atoms with E-state index in [1.54, 1.807) is 0 Å². The molecule has 0 spiro atoms. The van der Waals surface area contributed by atoms with E-state index in [1.807, 2.05) is 0 Å². The van der Waals surface area contributed by atoms with Crippen LogP contribution in [0.4, 0.5) is 0 Å². The highest BCUT2D eigenvalue weighted by Crippen LogP contribution is 2.57. The summed E-state index contributed by atoms with van der Waals surface area (Å²) in [6.45, 7) is 3.05. The summed E-state index contributed by atoms with van der Waals surface area (Å²) in [4.78, 5) is 34.1. The molecule has 1 heterocycles. The van der Waals surface area contributed by atoms with E-state index in [1.165, 1.54) is 13.8 Å². The molecule has 0 aromatic carbocycles. The summed E-state index contributed by atoms with van der Waals surface area (Å²) >= 11 is 0. The molecule has 104 valence electrons. The summed E-state index contributed by atoms with van der Waals surface area (Å²) in [5.41, 5.74) is 0. The van der Waals surface area contributed by atoms with Crippen molar-refractivity contribution >= 4 is 17.9 Å². The molecular weight excluding hydrogens is 252 g/mol. The third-order valence-corrected chi connectivity index (χ3v) is 4.46. The maximum Gasteiger partial charge on any atom is 0.309 e. The maximum atomic E-state index is 11.7. The standard InChI is InChI=1S/C13H16O6/c1-5(14)18-9-3-7-10-8(4-17-13(10)16)11(9)12(7)19-6(2)15/h7-12H,3-4H2,1-2H3/t7-,8-,9+,10+,11+,12+/m1/s1. The van der Waals surface area contributed by atoms with Gasteiger partial charge in [0, 0.05) is 31.6 Å². The van der Waals surface area contributed by atoms with Gasteiger partial charge in [-0.2, -0.15) is 0 Å². The van der Waals surface area contributed by atoms with Crippen LogP contribution < -0.4 is 0 Å². The molecule has 2 aliphatic carbocycles. The van der Waals surface area contributed by atoms with Gasteiger partial charge < -0.3 is 14.2 Å². The third kappa shape index (κ3) is 1.81. The van der Waals surface area contributed by atoms with E-state index in [0.717, 1.165) is 0 Å². The van der Waals surface area contributed by atoms with Gasteiger partial charge >= 0.3 is 17.9 Å². The Bertz CT molecular complexity index is 444. The molecule has 0 aromatic rings. The minimum Gasteiger partial charge on any atom is -0.465 e. The molecule has 0 N–H and O–H groups in total. The number of ether oxygens (including phenoxy) is 3. The average molecular weight is 268 g/mol. The highest BCUT2D eigenvalue weighted by Gasteiger charge is 2.66. The number of fused-ring (bicyclic) bond motifs is 5. The number of hydrogen-bond donors (Lipinski definition) is 0. The lowest BCUT2D eigenvalue weighted by Gasteiger charge is -2.27. The summed E-state index contributed by atoms with van der Waals surface area (Å²) in [5, 5.41) is 0. The lowest BCUT2D eigenvalue weighted by molar-refractivity contribution is -0.155. The molecule has 1 saturated heterocycles. The van der Waals surface area contributed by atoms with Gasteiger partial charge in [0.2, 0.25) is 0 Å². The molecule has 0 unspecified atom stereocenters. The summed E-state index contributed by atoms with van der Waals surface area (Å²) in [6, 6.07) is 0. The first-order valence-corrected chi connectivity index (χ1v) is 6.50. The Kier molecular flexibility index (Phi) is 2.76. The van der Waals surface area contributed by atoms with Gasteiger partial charge in [0.15, 0.2) is 0 Å². The van der Waals surface area contributed by atoms with E-state index in [2.05, 4.69) is 0 Å². The molecule has 3 fully saturated rings. The molecule has 3 rings (SSSR count). The fourth-order valence-corrected chi connectivity index (χ4v) is 4.02. The van der Waals surface area contributed by atoms with Gasteiger partial charge in [-0.3, -0.25) is 14.4 Å². The van der Waals surface area contributed by atoms with Crippen LogP contribution in [-0.2, 0) is 28.6 Å². The van der Waals surface area contributed by atoms with Gasteiger partial charge in [0.1, 0.15) is 12.2 Å². The van der Waals surface area contributed by atoms with Crippen LogP contribution >= 0.6 is 0 Å². The van der Waals surface area contributed by atoms with Crippen molar-refractivity contribution in [2.24, 2.45) is 23.7 Å². The first kappa shape index (κ1) is 12.4. The van der Waals surface area contributed by atoms with E-state index >= 15 is 0 Å². The summed E-state index contributed by atoms with van der Waals surface area (Å²) in [5.74, 6) is -1.33. The molecule has 0 amide bonds. The maximum absolute atomic E-state index is 11.7. The molecule has 6 nitrogen and oxygen atoms in total. The molecule has 19 heavy (non-hydrogen) atoms. The fraction of sp³-hybridized carbons (Fsp3) is 0.769. The first-order chi connectivity index (χ1) is 8.99. The molecule has 2 bridgehead atoms. The number of carbonyl (C=O) groups is 3. The Labute approximate surface area is 110 Å². The predicted molar refractivity (Wildman–Crippen MR) is 60.6 cm³/mol. The van der Waals surface area contributed by atoms with Crippen molar-refractivity contribution in [3.8, 4) is 0 Å². The second-order valence-electron chi connectivity index (χ2n) is 5.52. The van der Waals surface area contributed by atoms with E-state index in [0.29, 0.717) is 13.0 Å². The second kappa shape index (κ2) is 4.21. The lowest BCUT2D eigenvalue weighted by Crippen LogP contribution is -2.35. The van der Waals surface area contributed by atoms with E-state index in [4.69, 9.17) is 14.2 Å². The summed E-state index contributed by atoms with van der Waals surface area (Å²) in [7, 11) is 0. The number of cyclic esters (lactones) is 1. The Morgan fingerprint density at radius 1 is 1.16 bits per heavy atom. The van der Waals surface area contributed by atoms with Crippen LogP contribution in [0.5, 0.6) is 0 Å². The van der Waals surface area contributed by atoms with Gasteiger partial charge in [0.05, 0.1) is 12.5 Å². The fourth-order valence-electron chi connectivity index (χ4n) is 4.02. The third-order valence-electron chi connectivity index (χ3n) is 4.46. The van der Waals surface area contributed by atoms with Crippen molar-refractivity contribution < 1.29 is 28.6 Å². The summed E-state index contributed by atoms with van der Waals surface area (Å²) in [6.07, 6.45) is -0.0364. The van der Waals surface area contributed by atoms with E-state index < -0.39 is 0 Å². The quantitative estimate of drug-likeness (QED) is 0.529. The summed E-state index contributed by atoms with van der Waals surface area (Å²) < 4.78 is 15.7. The molecule has 1 aliphatic heterocycles. The Balaban J connectivity index is 1.85. The van der Waals surface area contributed by atoms with E-state index in [-0.39, 0.29) is 53.8 Å². The molecule has 3 aliphatic rings. The van der Waals surface area contributed by atoms with Crippen molar-refractivity contribution in [3.63, 3.8) is 0 Å². The van der Waals surface area contributed by atoms with Gasteiger partial charge in [-0.15, -0.1) is 0 Å². The van der Waals surface area contributed by atoms with Crippen LogP contribution in [0.3, 0.4) is 0 Å². The normalized spacial score (nSPS) is 42.7. The van der Waals surface area contributed by atoms with Gasteiger partial charge in [-0.05, 0) is 6.42 Å². The zero-order chi connectivity index (χ0) is 13.7. The van der Waals surface area contributed by atoms with Crippen molar-refractivity contribution in [1.82, 2.24) is 0 Å². The number of rotatable bonds is 2. The van der Waals surface area contributed by atoms with Crippen molar-refractivity contribution in [2.75, 3.05) is 6.61 Å². The Morgan fingerprint density at radius 3 is 2.47 bits per heavy atom. The lowest BCUT2D eigenvalue weighted by atomic mass is 9.80. The molecule has 6 heteroatoms. The second-order valence-corrected chi connectivity index (χ2v) is 5.52. The largest absolute Gasteiger partial charge is 0.465 e. The highest BCUT2D eigenvalue weighted by atomic mass is 16.6. The van der Waals surface area contributed by atoms with Crippen molar-refractivity contribution in [2.45, 2.75) is 32.5 Å². The van der Waals surface area contributed by atoms with Gasteiger partial charge in [0.25, 0.3) is 0 Å². The Hall–Kier alpha value is -1.59. The van der Waals surface area contributed by atoms with Crippen LogP contribution in [0.25, 0.3) is 0 Å². The zero-order valence-corrected chi connectivity index (χ0v) is 10.8. The average Bonchev–Trinajstić information content (AvgIpc) is 2.89. The molecular formula is C13H16O6. The molecule has 6 atom stereocenters. The zero-order valence-electron chi connectivity index (χ0n) is 10.8. The van der Waals surface area contributed by atoms with E-state index in [9.17, 15) is 14.4 Å². The van der Waals surface area contributed by atoms with Gasteiger partial charge in [-0.25, -0.2) is 0 Å². The SMILES string of the molecule is CC(=O)O[C@H]1[C@@H]2C[C@H](OC(C)=O)[C@@H]1[C@@H]1COC(=O)[C@H]12. The van der Waals surface area contributed by atoms with Crippen LogP contribution in [0.2, 0.25) is 0 Å². The molecule has 2 saturated carbocycles. The first-order valence-electron chi connectivity index (χ1n) is 6.50. The van der Waals surface area contributed by atoms with Crippen LogP contribution in [0, 0.1) is 23.7 Å². The van der Waals surface area contributed by atoms with Gasteiger partial charge in [-0.1, -0.05) is 0 Å². The molecule has 0 radical (unpaired) electrons. The smallest absolute Gasteiger partial charge is 0.309 e. The van der Waals surface area contributed by atoms with Crippen LogP contribution in [0.1, 0.15) is 20.3 Å².